The van der Waals surface area contributed by atoms with Crippen molar-refractivity contribution in [1.82, 2.24) is 0 Å². The number of nitrogens with zero attached hydrogens (tertiary/aromatic N) is 1. The summed E-state index contributed by atoms with van der Waals surface area (Å²) in [4.78, 5) is 25.0. The van der Waals surface area contributed by atoms with Crippen LogP contribution in [0.15, 0.2) is 0 Å². The highest BCUT2D eigenvalue weighted by Gasteiger charge is 2.02. The van der Waals surface area contributed by atoms with E-state index in [0.29, 0.717) is 6.42 Å². The Morgan fingerprint density at radius 3 is 2.50 bits per heavy atom. The smallest absolute Gasteiger partial charge is 0.305 e. The maximum absolute atomic E-state index is 11.2. The molecule has 0 atom stereocenters. The zero-order chi connectivity index (χ0) is 13.6. The highest BCUT2D eigenvalue weighted by atomic mass is 17.0. The Balaban J connectivity index is 3.17. The molecule has 0 aromatic heterocycles. The zero-order valence-corrected chi connectivity index (χ0v) is 10.8. The van der Waals surface area contributed by atoms with Crippen LogP contribution in [0.2, 0.25) is 0 Å². The van der Waals surface area contributed by atoms with E-state index >= 15 is 0 Å². The maximum Gasteiger partial charge on any atom is 0.305 e. The third-order valence-corrected chi connectivity index (χ3v) is 2.15. The summed E-state index contributed by atoms with van der Waals surface area (Å²) >= 11 is 0. The molecule has 7 nitrogen and oxygen atoms in total. The molecule has 0 aliphatic carbocycles. The van der Waals surface area contributed by atoms with Crippen LogP contribution in [0.1, 0.15) is 39.0 Å². The minimum Gasteiger partial charge on any atom is -0.463 e. The first kappa shape index (κ1) is 16.6. The molecule has 0 fully saturated rings. The van der Waals surface area contributed by atoms with Crippen molar-refractivity contribution >= 4 is 5.97 Å². The quantitative estimate of drug-likeness (QED) is 0.230. The molecule has 0 unspecified atom stereocenters. The van der Waals surface area contributed by atoms with Gasteiger partial charge in [0.1, 0.15) is 13.2 Å². The van der Waals surface area contributed by atoms with Gasteiger partial charge in [-0.2, -0.15) is 0 Å². The molecule has 0 rings (SSSR count). The van der Waals surface area contributed by atoms with Gasteiger partial charge in [-0.15, -0.1) is 10.1 Å². The van der Waals surface area contributed by atoms with E-state index in [9.17, 15) is 14.9 Å². The van der Waals surface area contributed by atoms with Crippen molar-refractivity contribution in [2.45, 2.75) is 39.0 Å². The number of hydrogen-bond donors (Lipinski definition) is 0. The van der Waals surface area contributed by atoms with Gasteiger partial charge in [0.2, 0.25) is 0 Å². The summed E-state index contributed by atoms with van der Waals surface area (Å²) < 4.78 is 9.88. The summed E-state index contributed by atoms with van der Waals surface area (Å²) in [5.41, 5.74) is 0. The van der Waals surface area contributed by atoms with Crippen molar-refractivity contribution in [2.75, 3.05) is 26.4 Å². The normalized spacial score (nSPS) is 10.1. The molecule has 0 radical (unpaired) electrons. The van der Waals surface area contributed by atoms with E-state index in [2.05, 4.69) is 11.8 Å². The molecule has 0 amide bonds. The van der Waals surface area contributed by atoms with E-state index in [1.807, 2.05) is 0 Å². The molecular weight excluding hydrogens is 242 g/mol. The Kier molecular flexibility index (Phi) is 11.2. The summed E-state index contributed by atoms with van der Waals surface area (Å²) in [5.74, 6) is -0.226. The predicted molar refractivity (Wildman–Crippen MR) is 63.5 cm³/mol. The van der Waals surface area contributed by atoms with Crippen LogP contribution in [0.3, 0.4) is 0 Å². The van der Waals surface area contributed by atoms with Crippen LogP contribution >= 0.6 is 0 Å². The largest absolute Gasteiger partial charge is 0.463 e. The lowest BCUT2D eigenvalue weighted by atomic mass is 10.2. The molecule has 0 N–H and O–H groups in total. The van der Waals surface area contributed by atoms with Gasteiger partial charge in [-0.3, -0.25) is 4.79 Å². The fraction of sp³-hybridized carbons (Fsp3) is 0.909. The van der Waals surface area contributed by atoms with Crippen LogP contribution in [-0.2, 0) is 19.1 Å². The average molecular weight is 263 g/mol. The fourth-order valence-corrected chi connectivity index (χ4v) is 1.26. The Morgan fingerprint density at radius 1 is 1.11 bits per heavy atom. The van der Waals surface area contributed by atoms with E-state index in [1.54, 1.807) is 0 Å². The highest BCUT2D eigenvalue weighted by molar-refractivity contribution is 5.69. The first-order valence-electron chi connectivity index (χ1n) is 6.17. The number of ether oxygens (including phenoxy) is 2. The molecule has 0 heterocycles. The van der Waals surface area contributed by atoms with Gasteiger partial charge in [-0.25, -0.2) is 0 Å². The molecule has 7 heteroatoms. The molecule has 0 aliphatic heterocycles. The van der Waals surface area contributed by atoms with E-state index in [4.69, 9.17) is 9.47 Å². The van der Waals surface area contributed by atoms with Gasteiger partial charge in [0.15, 0.2) is 0 Å². The zero-order valence-electron chi connectivity index (χ0n) is 10.8. The van der Waals surface area contributed by atoms with E-state index in [1.165, 1.54) is 0 Å². The number of carbonyl (C=O) groups is 1. The number of carbonyl (C=O) groups excluding carboxylic acids is 1. The lowest BCUT2D eigenvalue weighted by Crippen LogP contribution is -2.13. The fourth-order valence-electron chi connectivity index (χ4n) is 1.26. The van der Waals surface area contributed by atoms with Crippen molar-refractivity contribution in [2.24, 2.45) is 0 Å². The Labute approximate surface area is 106 Å². The third kappa shape index (κ3) is 12.7. The van der Waals surface area contributed by atoms with Crippen LogP contribution in [0.5, 0.6) is 0 Å². The number of unbranched alkanes of at least 4 members (excludes halogenated alkanes) is 3. The molecule has 0 aromatic carbocycles. The van der Waals surface area contributed by atoms with Crippen molar-refractivity contribution < 1.29 is 24.2 Å². The summed E-state index contributed by atoms with van der Waals surface area (Å²) in [5, 5.41) is 8.91. The summed E-state index contributed by atoms with van der Waals surface area (Å²) in [7, 11) is 0. The number of hydrogen-bond acceptors (Lipinski definition) is 6. The van der Waals surface area contributed by atoms with Crippen molar-refractivity contribution in [3.8, 4) is 0 Å². The Morgan fingerprint density at radius 2 is 1.83 bits per heavy atom. The van der Waals surface area contributed by atoms with Crippen LogP contribution in [0.4, 0.5) is 0 Å². The van der Waals surface area contributed by atoms with Crippen LogP contribution in [-0.4, -0.2) is 37.5 Å². The lowest BCUT2D eigenvalue weighted by Gasteiger charge is -2.05. The number of esters is 1. The Bertz CT molecular complexity index is 234. The molecule has 0 saturated carbocycles. The number of rotatable bonds is 12. The molecule has 18 heavy (non-hydrogen) atoms. The van der Waals surface area contributed by atoms with Crippen LogP contribution < -0.4 is 0 Å². The minimum absolute atomic E-state index is 0.106. The second-order valence-electron chi connectivity index (χ2n) is 3.70. The summed E-state index contributed by atoms with van der Waals surface area (Å²) in [6.45, 7) is 2.50. The first-order chi connectivity index (χ1) is 8.66. The van der Waals surface area contributed by atoms with E-state index in [0.717, 1.165) is 25.7 Å². The van der Waals surface area contributed by atoms with E-state index in [-0.39, 0.29) is 32.4 Å². The summed E-state index contributed by atoms with van der Waals surface area (Å²) in [6.07, 6.45) is 4.59. The maximum atomic E-state index is 11.2. The van der Waals surface area contributed by atoms with Gasteiger partial charge in [-0.1, -0.05) is 26.2 Å². The summed E-state index contributed by atoms with van der Waals surface area (Å²) in [6, 6.07) is 0. The topological polar surface area (TPSA) is 87.9 Å². The van der Waals surface area contributed by atoms with Crippen molar-refractivity contribution in [1.29, 1.82) is 0 Å². The Hall–Kier alpha value is -1.37. The highest BCUT2D eigenvalue weighted by Crippen LogP contribution is 2.03. The van der Waals surface area contributed by atoms with Crippen LogP contribution in [0, 0.1) is 10.1 Å². The van der Waals surface area contributed by atoms with Gasteiger partial charge < -0.3 is 14.3 Å². The van der Waals surface area contributed by atoms with E-state index < -0.39 is 5.09 Å². The standard InChI is InChI=1S/C11H21NO6/c1-2-3-4-5-6-11(13)17-9-7-16-8-10-18-12(14)15/h2-10H2,1H3. The molecule has 0 aromatic rings. The molecule has 0 aliphatic rings. The molecule has 0 saturated heterocycles. The van der Waals surface area contributed by atoms with Gasteiger partial charge in [0.25, 0.3) is 5.09 Å². The van der Waals surface area contributed by atoms with Gasteiger partial charge in [-0.05, 0) is 6.42 Å². The molecule has 106 valence electrons. The van der Waals surface area contributed by atoms with Gasteiger partial charge in [0, 0.05) is 6.42 Å². The molecule has 0 spiro atoms. The van der Waals surface area contributed by atoms with Crippen molar-refractivity contribution in [3.63, 3.8) is 0 Å². The second kappa shape index (κ2) is 12.1. The average Bonchev–Trinajstić information content (AvgIpc) is 2.33. The van der Waals surface area contributed by atoms with Crippen molar-refractivity contribution in [3.05, 3.63) is 10.1 Å². The SMILES string of the molecule is CCCCCCC(=O)OCCOCCO[N+](=O)[O-]. The third-order valence-electron chi connectivity index (χ3n) is 2.15. The first-order valence-corrected chi connectivity index (χ1v) is 6.17. The van der Waals surface area contributed by atoms with Gasteiger partial charge >= 0.3 is 5.97 Å². The minimum atomic E-state index is -0.875. The predicted octanol–water partition coefficient (Wildman–Crippen LogP) is 1.72. The van der Waals surface area contributed by atoms with Crippen LogP contribution in [0.25, 0.3) is 0 Å². The second-order valence-corrected chi connectivity index (χ2v) is 3.70. The lowest BCUT2D eigenvalue weighted by molar-refractivity contribution is -0.758. The van der Waals surface area contributed by atoms with Gasteiger partial charge in [0.05, 0.1) is 13.2 Å². The monoisotopic (exact) mass is 263 g/mol. The molecular formula is C11H21NO6. The molecule has 0 bridgehead atoms.